The van der Waals surface area contributed by atoms with Crippen LogP contribution in [-0.2, 0) is 6.18 Å². The molecule has 86 valence electrons. The Labute approximate surface area is 89.8 Å². The van der Waals surface area contributed by atoms with Gasteiger partial charge in [0, 0.05) is 5.56 Å². The Morgan fingerprint density at radius 2 is 2.00 bits per heavy atom. The molecule has 1 aromatic carbocycles. The normalized spacial score (nSPS) is 11.0. The number of amides is 1. The lowest BCUT2D eigenvalue weighted by molar-refractivity contribution is -0.137. The van der Waals surface area contributed by atoms with Crippen LogP contribution in [0.1, 0.15) is 22.8 Å². The zero-order valence-electron chi connectivity index (χ0n) is 8.35. The fourth-order valence-corrected chi connectivity index (χ4v) is 1.08. The quantitative estimate of drug-likeness (QED) is 0.565. The van der Waals surface area contributed by atoms with Crippen molar-refractivity contribution in [1.82, 2.24) is 5.32 Å². The Morgan fingerprint density at radius 1 is 1.38 bits per heavy atom. The molecule has 0 saturated heterocycles. The molecule has 0 heterocycles. The van der Waals surface area contributed by atoms with Crippen LogP contribution in [0.25, 0.3) is 0 Å². The zero-order chi connectivity index (χ0) is 12.3. The molecule has 0 aliphatic carbocycles. The van der Waals surface area contributed by atoms with Crippen LogP contribution in [0, 0.1) is 5.41 Å². The molecule has 16 heavy (non-hydrogen) atoms. The highest BCUT2D eigenvalue weighted by Gasteiger charge is 2.30. The van der Waals surface area contributed by atoms with Crippen molar-refractivity contribution in [2.24, 2.45) is 0 Å². The highest BCUT2D eigenvalue weighted by Crippen LogP contribution is 2.29. The van der Waals surface area contributed by atoms with Crippen LogP contribution in [0.4, 0.5) is 13.2 Å². The highest BCUT2D eigenvalue weighted by molar-refractivity contribution is 6.04. The minimum absolute atomic E-state index is 0.123. The number of alkyl halides is 3. The molecule has 6 heteroatoms. The van der Waals surface area contributed by atoms with Gasteiger partial charge in [0.15, 0.2) is 0 Å². The van der Waals surface area contributed by atoms with E-state index < -0.39 is 17.6 Å². The summed E-state index contributed by atoms with van der Waals surface area (Å²) in [5.74, 6) is -0.846. The molecule has 0 bridgehead atoms. The van der Waals surface area contributed by atoms with E-state index in [-0.39, 0.29) is 11.4 Å². The Balaban J connectivity index is 2.99. The summed E-state index contributed by atoms with van der Waals surface area (Å²) in [6.07, 6.45) is -4.48. The largest absolute Gasteiger partial charge is 0.416 e. The molecule has 0 atom stereocenters. The molecule has 2 N–H and O–H groups in total. The highest BCUT2D eigenvalue weighted by atomic mass is 19.4. The lowest BCUT2D eigenvalue weighted by Gasteiger charge is -2.08. The van der Waals surface area contributed by atoms with Gasteiger partial charge < -0.3 is 5.32 Å². The molecule has 1 aromatic rings. The lowest BCUT2D eigenvalue weighted by atomic mass is 10.1. The first kappa shape index (κ1) is 12.2. The Kier molecular flexibility index (Phi) is 3.31. The molecule has 3 nitrogen and oxygen atoms in total. The molecular weight excluding hydrogens is 221 g/mol. The van der Waals surface area contributed by atoms with Gasteiger partial charge >= 0.3 is 6.18 Å². The van der Waals surface area contributed by atoms with Gasteiger partial charge in [-0.3, -0.25) is 10.2 Å². The molecule has 0 saturated carbocycles. The lowest BCUT2D eigenvalue weighted by Crippen LogP contribution is -2.27. The number of nitrogens with one attached hydrogen (secondary N) is 2. The summed E-state index contributed by atoms with van der Waals surface area (Å²) in [5.41, 5.74) is -1.01. The second-order valence-electron chi connectivity index (χ2n) is 3.16. The SMILES string of the molecule is CC(=N)NC(=O)c1cccc(C(F)(F)F)c1. The van der Waals surface area contributed by atoms with Crippen molar-refractivity contribution in [3.05, 3.63) is 35.4 Å². The topological polar surface area (TPSA) is 53.0 Å². The van der Waals surface area contributed by atoms with Gasteiger partial charge in [-0.25, -0.2) is 0 Å². The van der Waals surface area contributed by atoms with E-state index in [0.717, 1.165) is 18.2 Å². The predicted molar refractivity (Wildman–Crippen MR) is 52.3 cm³/mol. The summed E-state index contributed by atoms with van der Waals surface area (Å²) in [5, 5.41) is 9.11. The van der Waals surface area contributed by atoms with Crippen LogP contribution in [0.3, 0.4) is 0 Å². The number of rotatable bonds is 1. The molecule has 0 spiro atoms. The fourth-order valence-electron chi connectivity index (χ4n) is 1.08. The van der Waals surface area contributed by atoms with Gasteiger partial charge in [-0.2, -0.15) is 13.2 Å². The van der Waals surface area contributed by atoms with Crippen molar-refractivity contribution in [2.45, 2.75) is 13.1 Å². The maximum Gasteiger partial charge on any atom is 0.416 e. The minimum atomic E-state index is -4.48. The number of carbonyl (C=O) groups is 1. The van der Waals surface area contributed by atoms with Crippen molar-refractivity contribution in [1.29, 1.82) is 5.41 Å². The van der Waals surface area contributed by atoms with Crippen LogP contribution in [0.5, 0.6) is 0 Å². The summed E-state index contributed by atoms with van der Waals surface area (Å²) in [6, 6.07) is 4.04. The molecule has 0 aromatic heterocycles. The van der Waals surface area contributed by atoms with E-state index >= 15 is 0 Å². The first-order valence-corrected chi connectivity index (χ1v) is 4.34. The number of carbonyl (C=O) groups excluding carboxylic acids is 1. The number of benzene rings is 1. The Morgan fingerprint density at radius 3 is 2.50 bits per heavy atom. The number of hydrogen-bond donors (Lipinski definition) is 2. The first-order chi connectivity index (χ1) is 7.30. The van der Waals surface area contributed by atoms with Gasteiger partial charge in [0.05, 0.1) is 11.4 Å². The van der Waals surface area contributed by atoms with Gasteiger partial charge in [-0.15, -0.1) is 0 Å². The molecular formula is C10H9F3N2O. The van der Waals surface area contributed by atoms with Crippen LogP contribution >= 0.6 is 0 Å². The molecule has 0 aliphatic heterocycles. The first-order valence-electron chi connectivity index (χ1n) is 4.34. The summed E-state index contributed by atoms with van der Waals surface area (Å²) in [7, 11) is 0. The summed E-state index contributed by atoms with van der Waals surface area (Å²) in [6.45, 7) is 1.32. The van der Waals surface area contributed by atoms with Gasteiger partial charge in [-0.1, -0.05) is 6.07 Å². The zero-order valence-corrected chi connectivity index (χ0v) is 8.35. The Hall–Kier alpha value is -1.85. The molecule has 1 rings (SSSR count). The number of halogens is 3. The fraction of sp³-hybridized carbons (Fsp3) is 0.200. The molecule has 0 radical (unpaired) electrons. The summed E-state index contributed by atoms with van der Waals surface area (Å²) < 4.78 is 37.0. The maximum atomic E-state index is 12.3. The smallest absolute Gasteiger partial charge is 0.311 e. The molecule has 0 fully saturated rings. The van der Waals surface area contributed by atoms with Crippen LogP contribution < -0.4 is 5.32 Å². The van der Waals surface area contributed by atoms with Crippen LogP contribution in [-0.4, -0.2) is 11.7 Å². The average molecular weight is 230 g/mol. The third-order valence-electron chi connectivity index (χ3n) is 1.75. The van der Waals surface area contributed by atoms with Crippen LogP contribution in [0.15, 0.2) is 24.3 Å². The summed E-state index contributed by atoms with van der Waals surface area (Å²) >= 11 is 0. The van der Waals surface area contributed by atoms with Crippen molar-refractivity contribution in [3.8, 4) is 0 Å². The van der Waals surface area contributed by atoms with E-state index in [1.807, 2.05) is 0 Å². The standard InChI is InChI=1S/C10H9F3N2O/c1-6(14)15-9(16)7-3-2-4-8(5-7)10(11,12)13/h2-5H,1H3,(H2,14,15,16). The van der Waals surface area contributed by atoms with Crippen molar-refractivity contribution in [3.63, 3.8) is 0 Å². The van der Waals surface area contributed by atoms with Gasteiger partial charge in [0.2, 0.25) is 0 Å². The monoisotopic (exact) mass is 230 g/mol. The maximum absolute atomic E-state index is 12.3. The predicted octanol–water partition coefficient (Wildman–Crippen LogP) is 2.43. The second kappa shape index (κ2) is 4.34. The molecule has 0 aliphatic rings. The minimum Gasteiger partial charge on any atom is -0.311 e. The third kappa shape index (κ3) is 3.08. The van der Waals surface area contributed by atoms with Crippen molar-refractivity contribution < 1.29 is 18.0 Å². The molecule has 1 amide bonds. The van der Waals surface area contributed by atoms with Gasteiger partial charge in [-0.05, 0) is 25.1 Å². The third-order valence-corrected chi connectivity index (χ3v) is 1.75. The summed E-state index contributed by atoms with van der Waals surface area (Å²) in [4.78, 5) is 11.3. The van der Waals surface area contributed by atoms with Gasteiger partial charge in [0.1, 0.15) is 0 Å². The van der Waals surface area contributed by atoms with Gasteiger partial charge in [0.25, 0.3) is 5.91 Å². The van der Waals surface area contributed by atoms with Crippen LogP contribution in [0.2, 0.25) is 0 Å². The second-order valence-corrected chi connectivity index (χ2v) is 3.16. The van der Waals surface area contributed by atoms with E-state index in [9.17, 15) is 18.0 Å². The Bertz CT molecular complexity index is 426. The van der Waals surface area contributed by atoms with E-state index in [4.69, 9.17) is 5.41 Å². The molecule has 0 unspecified atom stereocenters. The van der Waals surface area contributed by atoms with E-state index in [2.05, 4.69) is 5.32 Å². The van der Waals surface area contributed by atoms with E-state index in [1.165, 1.54) is 13.0 Å². The number of amidine groups is 1. The van der Waals surface area contributed by atoms with Crippen molar-refractivity contribution in [2.75, 3.05) is 0 Å². The van der Waals surface area contributed by atoms with E-state index in [0.29, 0.717) is 0 Å². The number of hydrogen-bond acceptors (Lipinski definition) is 2. The average Bonchev–Trinajstić information content (AvgIpc) is 2.15. The van der Waals surface area contributed by atoms with E-state index in [1.54, 1.807) is 0 Å². The van der Waals surface area contributed by atoms with Crippen molar-refractivity contribution >= 4 is 11.7 Å².